The summed E-state index contributed by atoms with van der Waals surface area (Å²) in [5, 5.41) is 12.8. The predicted octanol–water partition coefficient (Wildman–Crippen LogP) is 1.56. The van der Waals surface area contributed by atoms with E-state index in [1.807, 2.05) is 42.2 Å². The third-order valence-electron chi connectivity index (χ3n) is 5.00. The Balaban J connectivity index is 1.37. The number of ether oxygens (including phenoxy) is 2. The second-order valence-electron chi connectivity index (χ2n) is 6.87. The van der Waals surface area contributed by atoms with Crippen molar-refractivity contribution in [3.05, 3.63) is 42.2 Å². The molecule has 0 unspecified atom stereocenters. The van der Waals surface area contributed by atoms with E-state index in [9.17, 15) is 4.79 Å². The van der Waals surface area contributed by atoms with E-state index < -0.39 is 0 Å². The average Bonchev–Trinajstić information content (AvgIpc) is 2.96. The number of hydrogen-bond donors (Lipinski definition) is 0. The van der Waals surface area contributed by atoms with E-state index in [1.165, 1.54) is 0 Å². The zero-order chi connectivity index (χ0) is 20.2. The SMILES string of the molecule is COc1ccccc1OCC(=O)N1CCCN(c2ccc3nnc(C)n3n2)CC1. The van der Waals surface area contributed by atoms with Crippen molar-refractivity contribution in [2.24, 2.45) is 0 Å². The number of rotatable bonds is 5. The summed E-state index contributed by atoms with van der Waals surface area (Å²) in [6, 6.07) is 11.2. The summed E-state index contributed by atoms with van der Waals surface area (Å²) in [7, 11) is 1.58. The van der Waals surface area contributed by atoms with Crippen molar-refractivity contribution in [2.45, 2.75) is 13.3 Å². The molecule has 1 aliphatic rings. The Morgan fingerprint density at radius 2 is 1.86 bits per heavy atom. The molecule has 29 heavy (non-hydrogen) atoms. The largest absolute Gasteiger partial charge is 0.493 e. The highest BCUT2D eigenvalue weighted by molar-refractivity contribution is 5.78. The molecule has 1 fully saturated rings. The van der Waals surface area contributed by atoms with Gasteiger partial charge in [-0.3, -0.25) is 4.79 Å². The number of nitrogens with zero attached hydrogens (tertiary/aromatic N) is 6. The zero-order valence-electron chi connectivity index (χ0n) is 16.6. The van der Waals surface area contributed by atoms with Gasteiger partial charge in [0, 0.05) is 26.2 Å². The van der Waals surface area contributed by atoms with Crippen LogP contribution in [-0.2, 0) is 4.79 Å². The molecule has 4 rings (SSSR count). The second-order valence-corrected chi connectivity index (χ2v) is 6.87. The lowest BCUT2D eigenvalue weighted by atomic mass is 10.3. The number of methoxy groups -OCH3 is 1. The first-order valence-electron chi connectivity index (χ1n) is 9.63. The number of aromatic nitrogens is 4. The van der Waals surface area contributed by atoms with Gasteiger partial charge in [0.1, 0.15) is 5.82 Å². The number of fused-ring (bicyclic) bond motifs is 1. The molecule has 1 amide bonds. The molecule has 0 spiro atoms. The van der Waals surface area contributed by atoms with Crippen molar-refractivity contribution in [3.63, 3.8) is 0 Å². The summed E-state index contributed by atoms with van der Waals surface area (Å²) in [6.07, 6.45) is 0.862. The average molecular weight is 396 g/mol. The number of amides is 1. The molecular weight excluding hydrogens is 372 g/mol. The molecule has 152 valence electrons. The molecule has 0 bridgehead atoms. The number of hydrogen-bond acceptors (Lipinski definition) is 7. The molecule has 1 saturated heterocycles. The Morgan fingerprint density at radius 3 is 2.69 bits per heavy atom. The van der Waals surface area contributed by atoms with Gasteiger partial charge in [0.05, 0.1) is 7.11 Å². The molecule has 3 heterocycles. The van der Waals surface area contributed by atoms with Crippen molar-refractivity contribution in [1.82, 2.24) is 24.7 Å². The molecule has 0 saturated carbocycles. The summed E-state index contributed by atoms with van der Waals surface area (Å²) < 4.78 is 12.7. The standard InChI is InChI=1S/C20H24N6O3/c1-15-21-22-18-8-9-19(23-26(15)18)24-10-5-11-25(13-12-24)20(27)14-29-17-7-4-3-6-16(17)28-2/h3-4,6-9H,5,10-14H2,1-2H3. The summed E-state index contributed by atoms with van der Waals surface area (Å²) in [5.74, 6) is 2.77. The van der Waals surface area contributed by atoms with Gasteiger partial charge in [0.15, 0.2) is 29.6 Å². The van der Waals surface area contributed by atoms with Gasteiger partial charge in [0.25, 0.3) is 5.91 Å². The maximum absolute atomic E-state index is 12.7. The Kier molecular flexibility index (Phi) is 5.46. The van der Waals surface area contributed by atoms with E-state index in [4.69, 9.17) is 9.47 Å². The monoisotopic (exact) mass is 396 g/mol. The lowest BCUT2D eigenvalue weighted by Gasteiger charge is -2.23. The third kappa shape index (κ3) is 4.08. The predicted molar refractivity (Wildman–Crippen MR) is 107 cm³/mol. The highest BCUT2D eigenvalue weighted by Gasteiger charge is 2.21. The summed E-state index contributed by atoms with van der Waals surface area (Å²) in [4.78, 5) is 16.7. The van der Waals surface area contributed by atoms with Gasteiger partial charge in [-0.1, -0.05) is 12.1 Å². The molecule has 3 aromatic rings. The van der Waals surface area contributed by atoms with Crippen molar-refractivity contribution in [2.75, 3.05) is 44.8 Å². The number of aryl methyl sites for hydroxylation is 1. The molecule has 0 N–H and O–H groups in total. The number of para-hydroxylation sites is 2. The topological polar surface area (TPSA) is 85.1 Å². The molecule has 0 atom stereocenters. The van der Waals surface area contributed by atoms with Crippen LogP contribution in [0.15, 0.2) is 36.4 Å². The molecule has 9 heteroatoms. The van der Waals surface area contributed by atoms with Crippen LogP contribution in [0.25, 0.3) is 5.65 Å². The molecule has 0 radical (unpaired) electrons. The fourth-order valence-corrected chi connectivity index (χ4v) is 3.42. The highest BCUT2D eigenvalue weighted by Crippen LogP contribution is 2.25. The maximum atomic E-state index is 12.7. The highest BCUT2D eigenvalue weighted by atomic mass is 16.5. The van der Waals surface area contributed by atoms with Crippen molar-refractivity contribution >= 4 is 17.4 Å². The minimum Gasteiger partial charge on any atom is -0.493 e. The number of benzene rings is 1. The zero-order valence-corrected chi connectivity index (χ0v) is 16.6. The van der Waals surface area contributed by atoms with Crippen LogP contribution in [0.2, 0.25) is 0 Å². The van der Waals surface area contributed by atoms with Crippen LogP contribution in [0.1, 0.15) is 12.2 Å². The molecular formula is C20H24N6O3. The van der Waals surface area contributed by atoms with Crippen molar-refractivity contribution in [3.8, 4) is 11.5 Å². The number of carbonyl (C=O) groups excluding carboxylic acids is 1. The van der Waals surface area contributed by atoms with E-state index in [1.54, 1.807) is 17.7 Å². The number of carbonyl (C=O) groups is 1. The van der Waals surface area contributed by atoms with E-state index in [0.29, 0.717) is 31.1 Å². The van der Waals surface area contributed by atoms with Crippen LogP contribution in [0.3, 0.4) is 0 Å². The second kappa shape index (κ2) is 8.34. The van der Waals surface area contributed by atoms with Crippen LogP contribution in [-0.4, -0.2) is 70.5 Å². The van der Waals surface area contributed by atoms with Crippen molar-refractivity contribution in [1.29, 1.82) is 0 Å². The smallest absolute Gasteiger partial charge is 0.260 e. The van der Waals surface area contributed by atoms with Gasteiger partial charge < -0.3 is 19.3 Å². The van der Waals surface area contributed by atoms with Gasteiger partial charge in [-0.15, -0.1) is 15.3 Å². The lowest BCUT2D eigenvalue weighted by molar-refractivity contribution is -0.133. The van der Waals surface area contributed by atoms with E-state index in [2.05, 4.69) is 20.2 Å². The summed E-state index contributed by atoms with van der Waals surface area (Å²) in [6.45, 7) is 4.72. The number of anilines is 1. The van der Waals surface area contributed by atoms with Crippen molar-refractivity contribution < 1.29 is 14.3 Å². The van der Waals surface area contributed by atoms with Gasteiger partial charge in [0.2, 0.25) is 0 Å². The Labute approximate surface area is 168 Å². The molecule has 1 aromatic carbocycles. The van der Waals surface area contributed by atoms with Crippen LogP contribution >= 0.6 is 0 Å². The van der Waals surface area contributed by atoms with E-state index in [0.717, 1.165) is 30.3 Å². The third-order valence-corrected chi connectivity index (χ3v) is 5.00. The molecule has 2 aromatic heterocycles. The fraction of sp³-hybridized carbons (Fsp3) is 0.400. The Hall–Kier alpha value is -3.36. The first-order valence-corrected chi connectivity index (χ1v) is 9.63. The molecule has 0 aliphatic carbocycles. The summed E-state index contributed by atoms with van der Waals surface area (Å²) in [5.41, 5.74) is 0.728. The molecule has 9 nitrogen and oxygen atoms in total. The van der Waals surface area contributed by atoms with E-state index in [-0.39, 0.29) is 12.5 Å². The first-order chi connectivity index (χ1) is 14.2. The van der Waals surface area contributed by atoms with Crippen LogP contribution < -0.4 is 14.4 Å². The van der Waals surface area contributed by atoms with E-state index >= 15 is 0 Å². The van der Waals surface area contributed by atoms with Gasteiger partial charge in [-0.05, 0) is 37.6 Å². The normalized spacial score (nSPS) is 14.7. The van der Waals surface area contributed by atoms with Crippen LogP contribution in [0, 0.1) is 6.92 Å². The quantitative estimate of drug-likeness (QED) is 0.647. The Bertz CT molecular complexity index is 1000. The lowest BCUT2D eigenvalue weighted by Crippen LogP contribution is -2.38. The van der Waals surface area contributed by atoms with Crippen LogP contribution in [0.4, 0.5) is 5.82 Å². The van der Waals surface area contributed by atoms with Crippen LogP contribution in [0.5, 0.6) is 11.5 Å². The van der Waals surface area contributed by atoms with Gasteiger partial charge >= 0.3 is 0 Å². The molecule has 1 aliphatic heterocycles. The Morgan fingerprint density at radius 1 is 1.03 bits per heavy atom. The fourth-order valence-electron chi connectivity index (χ4n) is 3.42. The van der Waals surface area contributed by atoms with Gasteiger partial charge in [-0.2, -0.15) is 4.52 Å². The maximum Gasteiger partial charge on any atom is 0.260 e. The van der Waals surface area contributed by atoms with Gasteiger partial charge in [-0.25, -0.2) is 0 Å². The first kappa shape index (κ1) is 19.0. The minimum atomic E-state index is -0.0316. The minimum absolute atomic E-state index is 0.00944. The summed E-state index contributed by atoms with van der Waals surface area (Å²) >= 11 is 0.